The van der Waals surface area contributed by atoms with Crippen LogP contribution in [0.1, 0.15) is 33.1 Å². The number of terminal acetylenes is 1. The highest BCUT2D eigenvalue weighted by atomic mass is 16.2. The number of carbonyl (C=O) groups excluding carboxylic acids is 2. The maximum Gasteiger partial charge on any atom is 0.240 e. The Morgan fingerprint density at radius 1 is 1.47 bits per heavy atom. The molecular weight excluding hydrogens is 192 g/mol. The molecule has 4 heteroatoms. The van der Waals surface area contributed by atoms with E-state index >= 15 is 0 Å². The van der Waals surface area contributed by atoms with Crippen LogP contribution in [0.5, 0.6) is 0 Å². The van der Waals surface area contributed by atoms with E-state index in [1.165, 1.54) is 0 Å². The van der Waals surface area contributed by atoms with Crippen molar-refractivity contribution in [3.63, 3.8) is 0 Å². The van der Waals surface area contributed by atoms with Crippen molar-refractivity contribution in [1.82, 2.24) is 5.32 Å². The Kier molecular flexibility index (Phi) is 6.19. The number of hydrogen-bond acceptors (Lipinski definition) is 2. The van der Waals surface area contributed by atoms with E-state index in [1.54, 1.807) is 13.8 Å². The summed E-state index contributed by atoms with van der Waals surface area (Å²) >= 11 is 0. The van der Waals surface area contributed by atoms with Gasteiger partial charge in [0.15, 0.2) is 0 Å². The second kappa shape index (κ2) is 6.88. The van der Waals surface area contributed by atoms with Crippen molar-refractivity contribution in [1.29, 1.82) is 0 Å². The van der Waals surface area contributed by atoms with Gasteiger partial charge in [-0.2, -0.15) is 0 Å². The molecule has 0 saturated heterocycles. The van der Waals surface area contributed by atoms with Crippen LogP contribution in [0.2, 0.25) is 0 Å². The largest absolute Gasteiger partial charge is 0.368 e. The molecule has 0 radical (unpaired) electrons. The molecule has 0 rings (SSSR count). The van der Waals surface area contributed by atoms with E-state index in [0.717, 1.165) is 0 Å². The first-order valence-electron chi connectivity index (χ1n) is 5.02. The van der Waals surface area contributed by atoms with Crippen molar-refractivity contribution in [3.8, 4) is 12.3 Å². The highest BCUT2D eigenvalue weighted by Gasteiger charge is 2.18. The van der Waals surface area contributed by atoms with Gasteiger partial charge in [-0.3, -0.25) is 9.59 Å². The van der Waals surface area contributed by atoms with Gasteiger partial charge in [-0.05, 0) is 12.8 Å². The minimum atomic E-state index is -0.603. The summed E-state index contributed by atoms with van der Waals surface area (Å²) in [7, 11) is 0. The van der Waals surface area contributed by atoms with Crippen molar-refractivity contribution in [2.24, 2.45) is 11.7 Å². The number of rotatable bonds is 6. The van der Waals surface area contributed by atoms with Gasteiger partial charge in [0, 0.05) is 12.3 Å². The first kappa shape index (κ1) is 13.5. The molecule has 0 unspecified atom stereocenters. The van der Waals surface area contributed by atoms with Crippen LogP contribution in [0, 0.1) is 18.3 Å². The predicted molar refractivity (Wildman–Crippen MR) is 58.6 cm³/mol. The first-order valence-corrected chi connectivity index (χ1v) is 5.02. The Bertz CT molecular complexity index is 266. The average Bonchev–Trinajstić information content (AvgIpc) is 2.15. The second-order valence-electron chi connectivity index (χ2n) is 3.71. The van der Waals surface area contributed by atoms with E-state index in [0.29, 0.717) is 19.3 Å². The fourth-order valence-corrected chi connectivity index (χ4v) is 1.03. The van der Waals surface area contributed by atoms with Gasteiger partial charge in [0.2, 0.25) is 11.8 Å². The average molecular weight is 210 g/mol. The summed E-state index contributed by atoms with van der Waals surface area (Å²) in [6, 6.07) is -0.603. The number of amides is 2. The van der Waals surface area contributed by atoms with Gasteiger partial charge >= 0.3 is 0 Å². The fraction of sp³-hybridized carbons (Fsp3) is 0.636. The topological polar surface area (TPSA) is 72.2 Å². The van der Waals surface area contributed by atoms with E-state index in [1.807, 2.05) is 0 Å². The molecule has 15 heavy (non-hydrogen) atoms. The summed E-state index contributed by atoms with van der Waals surface area (Å²) in [6.45, 7) is 3.52. The Morgan fingerprint density at radius 2 is 2.07 bits per heavy atom. The van der Waals surface area contributed by atoms with Gasteiger partial charge in [-0.1, -0.05) is 13.8 Å². The minimum absolute atomic E-state index is 0.153. The standard InChI is InChI=1S/C11H18N2O2/c1-4-5-6-7-9(10(12)14)13-11(15)8(2)3/h1,8-9H,5-7H2,2-3H3,(H2,12,14)(H,13,15)/t9-/m0/s1. The van der Waals surface area contributed by atoms with E-state index in [-0.39, 0.29) is 11.8 Å². The molecule has 0 aromatic heterocycles. The van der Waals surface area contributed by atoms with Crippen LogP contribution in [0.3, 0.4) is 0 Å². The molecule has 0 aliphatic heterocycles. The number of primary amides is 1. The molecule has 0 aliphatic rings. The van der Waals surface area contributed by atoms with Crippen LogP contribution in [0.15, 0.2) is 0 Å². The summed E-state index contributed by atoms with van der Waals surface area (Å²) in [4.78, 5) is 22.3. The maximum absolute atomic E-state index is 11.3. The van der Waals surface area contributed by atoms with Crippen molar-refractivity contribution < 1.29 is 9.59 Å². The summed E-state index contributed by atoms with van der Waals surface area (Å²) in [5.41, 5.74) is 5.16. The van der Waals surface area contributed by atoms with Crippen molar-refractivity contribution in [2.75, 3.05) is 0 Å². The zero-order valence-electron chi connectivity index (χ0n) is 9.25. The fourth-order valence-electron chi connectivity index (χ4n) is 1.03. The van der Waals surface area contributed by atoms with E-state index < -0.39 is 11.9 Å². The number of carbonyl (C=O) groups is 2. The molecule has 0 fully saturated rings. The van der Waals surface area contributed by atoms with Crippen molar-refractivity contribution in [3.05, 3.63) is 0 Å². The molecule has 84 valence electrons. The first-order chi connectivity index (χ1) is 6.99. The summed E-state index contributed by atoms with van der Waals surface area (Å²) in [5.74, 6) is 1.64. The molecule has 4 nitrogen and oxygen atoms in total. The van der Waals surface area contributed by atoms with Gasteiger partial charge in [-0.15, -0.1) is 12.3 Å². The van der Waals surface area contributed by atoms with Gasteiger partial charge < -0.3 is 11.1 Å². The highest BCUT2D eigenvalue weighted by Crippen LogP contribution is 2.02. The monoisotopic (exact) mass is 210 g/mol. The summed E-state index contributed by atoms with van der Waals surface area (Å²) < 4.78 is 0. The molecule has 0 aliphatic carbocycles. The number of nitrogens with two attached hydrogens (primary N) is 1. The Hall–Kier alpha value is -1.50. The number of hydrogen-bond donors (Lipinski definition) is 2. The van der Waals surface area contributed by atoms with Crippen molar-refractivity contribution in [2.45, 2.75) is 39.2 Å². The van der Waals surface area contributed by atoms with Crippen LogP contribution in [-0.4, -0.2) is 17.9 Å². The lowest BCUT2D eigenvalue weighted by molar-refractivity contribution is -0.129. The second-order valence-corrected chi connectivity index (χ2v) is 3.71. The van der Waals surface area contributed by atoms with Crippen LogP contribution in [0.25, 0.3) is 0 Å². The normalized spacial score (nSPS) is 11.9. The van der Waals surface area contributed by atoms with Gasteiger partial charge in [-0.25, -0.2) is 0 Å². The molecule has 0 bridgehead atoms. The van der Waals surface area contributed by atoms with Crippen LogP contribution in [-0.2, 0) is 9.59 Å². The van der Waals surface area contributed by atoms with Gasteiger partial charge in [0.1, 0.15) is 6.04 Å². The lowest BCUT2D eigenvalue weighted by atomic mass is 10.1. The number of unbranched alkanes of at least 4 members (excludes halogenated alkanes) is 1. The predicted octanol–water partition coefficient (Wildman–Crippen LogP) is 0.416. The third kappa shape index (κ3) is 5.74. The molecule has 0 spiro atoms. The van der Waals surface area contributed by atoms with Crippen molar-refractivity contribution >= 4 is 11.8 Å². The zero-order valence-corrected chi connectivity index (χ0v) is 9.25. The molecule has 1 atom stereocenters. The van der Waals surface area contributed by atoms with Gasteiger partial charge in [0.05, 0.1) is 0 Å². The molecule has 0 saturated carbocycles. The lowest BCUT2D eigenvalue weighted by Gasteiger charge is -2.16. The van der Waals surface area contributed by atoms with Crippen LogP contribution < -0.4 is 11.1 Å². The Morgan fingerprint density at radius 3 is 2.47 bits per heavy atom. The van der Waals surface area contributed by atoms with Crippen LogP contribution >= 0.6 is 0 Å². The summed E-state index contributed by atoms with van der Waals surface area (Å²) in [5, 5.41) is 2.59. The quantitative estimate of drug-likeness (QED) is 0.492. The Balaban J connectivity index is 4.12. The number of nitrogens with one attached hydrogen (secondary N) is 1. The van der Waals surface area contributed by atoms with E-state index in [9.17, 15) is 9.59 Å². The summed E-state index contributed by atoms with van der Waals surface area (Å²) in [6.07, 6.45) is 6.85. The third-order valence-corrected chi connectivity index (χ3v) is 2.00. The zero-order chi connectivity index (χ0) is 11.8. The molecule has 0 heterocycles. The molecule has 0 aromatic carbocycles. The molecule has 2 amide bonds. The Labute approximate surface area is 90.6 Å². The minimum Gasteiger partial charge on any atom is -0.368 e. The van der Waals surface area contributed by atoms with Crippen LogP contribution in [0.4, 0.5) is 0 Å². The smallest absolute Gasteiger partial charge is 0.240 e. The molecular formula is C11H18N2O2. The third-order valence-electron chi connectivity index (χ3n) is 2.00. The molecule has 0 aromatic rings. The molecule has 3 N–H and O–H groups in total. The van der Waals surface area contributed by atoms with E-state index in [4.69, 9.17) is 12.2 Å². The maximum atomic E-state index is 11.3. The van der Waals surface area contributed by atoms with E-state index in [2.05, 4.69) is 11.2 Å². The highest BCUT2D eigenvalue weighted by molar-refractivity contribution is 5.87. The van der Waals surface area contributed by atoms with Gasteiger partial charge in [0.25, 0.3) is 0 Å². The lowest BCUT2D eigenvalue weighted by Crippen LogP contribution is -2.45. The SMILES string of the molecule is C#CCCC[C@H](NC(=O)C(C)C)C(N)=O.